The van der Waals surface area contributed by atoms with E-state index < -0.39 is 0 Å². The van der Waals surface area contributed by atoms with Crippen molar-refractivity contribution in [1.29, 1.82) is 0 Å². The van der Waals surface area contributed by atoms with Crippen molar-refractivity contribution in [3.8, 4) is 16.9 Å². The van der Waals surface area contributed by atoms with E-state index in [1.165, 1.54) is 16.7 Å². The molecule has 82 valence electrons. The quantitative estimate of drug-likeness (QED) is 0.758. The number of phenols is 1. The van der Waals surface area contributed by atoms with Crippen LogP contribution in [0, 0.1) is 20.8 Å². The number of hydrogen-bond donors (Lipinski definition) is 1. The summed E-state index contributed by atoms with van der Waals surface area (Å²) in [5.74, 6) is 0.370. The molecule has 0 aliphatic heterocycles. The smallest absolute Gasteiger partial charge is 0.118 e. The first-order chi connectivity index (χ1) is 7.59. The molecule has 0 atom stereocenters. The van der Waals surface area contributed by atoms with Gasteiger partial charge in [0, 0.05) is 0 Å². The summed E-state index contributed by atoms with van der Waals surface area (Å²) in [6.07, 6.45) is 0. The average molecular weight is 212 g/mol. The van der Waals surface area contributed by atoms with Crippen molar-refractivity contribution in [2.75, 3.05) is 0 Å². The van der Waals surface area contributed by atoms with Gasteiger partial charge in [-0.05, 0) is 60.7 Å². The largest absolute Gasteiger partial charge is 0.508 e. The third-order valence-electron chi connectivity index (χ3n) is 2.98. The van der Waals surface area contributed by atoms with Crippen molar-refractivity contribution >= 4 is 0 Å². The molecule has 1 N–H and O–H groups in total. The third-order valence-corrected chi connectivity index (χ3v) is 2.98. The monoisotopic (exact) mass is 212 g/mol. The molecule has 2 rings (SSSR count). The number of benzene rings is 2. The molecule has 0 saturated carbocycles. The summed E-state index contributed by atoms with van der Waals surface area (Å²) in [5.41, 5.74) is 5.73. The molecule has 2 aromatic carbocycles. The lowest BCUT2D eigenvalue weighted by atomic mass is 9.95. The van der Waals surface area contributed by atoms with Gasteiger partial charge in [0.2, 0.25) is 0 Å². The Bertz CT molecular complexity index is 527. The first kappa shape index (κ1) is 10.7. The molecule has 0 bridgehead atoms. The first-order valence-electron chi connectivity index (χ1n) is 5.46. The minimum Gasteiger partial charge on any atom is -0.508 e. The van der Waals surface area contributed by atoms with E-state index in [0.717, 1.165) is 11.1 Å². The molecule has 16 heavy (non-hydrogen) atoms. The van der Waals surface area contributed by atoms with Crippen LogP contribution in [0.1, 0.15) is 16.7 Å². The minimum absolute atomic E-state index is 0.370. The summed E-state index contributed by atoms with van der Waals surface area (Å²) in [7, 11) is 0. The Morgan fingerprint density at radius 3 is 2.12 bits per heavy atom. The van der Waals surface area contributed by atoms with E-state index in [2.05, 4.69) is 19.1 Å². The highest BCUT2D eigenvalue weighted by Crippen LogP contribution is 2.31. The molecule has 0 spiro atoms. The number of rotatable bonds is 1. The maximum absolute atomic E-state index is 9.64. The minimum atomic E-state index is 0.370. The highest BCUT2D eigenvalue weighted by molar-refractivity contribution is 5.72. The van der Waals surface area contributed by atoms with Gasteiger partial charge in [0.25, 0.3) is 0 Å². The summed E-state index contributed by atoms with van der Waals surface area (Å²) in [5, 5.41) is 9.64. The molecule has 2 aromatic rings. The fraction of sp³-hybridized carbons (Fsp3) is 0.200. The van der Waals surface area contributed by atoms with Crippen LogP contribution in [0.4, 0.5) is 0 Å². The second-order valence-electron chi connectivity index (χ2n) is 4.27. The zero-order valence-electron chi connectivity index (χ0n) is 9.91. The SMILES string of the molecule is Cc1cc(-c2ccccc2C)c(C)cc1O. The summed E-state index contributed by atoms with van der Waals surface area (Å²) >= 11 is 0. The molecule has 0 radical (unpaired) electrons. The van der Waals surface area contributed by atoms with Gasteiger partial charge in [-0.2, -0.15) is 0 Å². The van der Waals surface area contributed by atoms with E-state index in [9.17, 15) is 5.11 Å². The summed E-state index contributed by atoms with van der Waals surface area (Å²) in [4.78, 5) is 0. The Kier molecular flexibility index (Phi) is 2.69. The third kappa shape index (κ3) is 1.81. The second kappa shape index (κ2) is 4.01. The normalized spacial score (nSPS) is 10.4. The van der Waals surface area contributed by atoms with Crippen molar-refractivity contribution in [2.45, 2.75) is 20.8 Å². The van der Waals surface area contributed by atoms with Crippen molar-refractivity contribution in [3.05, 3.63) is 53.1 Å². The van der Waals surface area contributed by atoms with Crippen LogP contribution in [0.2, 0.25) is 0 Å². The average Bonchev–Trinajstić information content (AvgIpc) is 2.25. The summed E-state index contributed by atoms with van der Waals surface area (Å²) in [6, 6.07) is 12.2. The molecular weight excluding hydrogens is 196 g/mol. The second-order valence-corrected chi connectivity index (χ2v) is 4.27. The lowest BCUT2D eigenvalue weighted by molar-refractivity contribution is 0.471. The van der Waals surface area contributed by atoms with E-state index in [-0.39, 0.29) is 0 Å². The Labute approximate surface area is 96.4 Å². The summed E-state index contributed by atoms with van der Waals surface area (Å²) in [6.45, 7) is 6.06. The van der Waals surface area contributed by atoms with Crippen LogP contribution in [-0.4, -0.2) is 5.11 Å². The molecule has 0 fully saturated rings. The van der Waals surface area contributed by atoms with E-state index >= 15 is 0 Å². The van der Waals surface area contributed by atoms with Gasteiger partial charge in [-0.3, -0.25) is 0 Å². The molecule has 0 aromatic heterocycles. The lowest BCUT2D eigenvalue weighted by Gasteiger charge is -2.11. The van der Waals surface area contributed by atoms with Crippen LogP contribution in [-0.2, 0) is 0 Å². The highest BCUT2D eigenvalue weighted by atomic mass is 16.3. The maximum atomic E-state index is 9.64. The topological polar surface area (TPSA) is 20.2 Å². The molecular formula is C15H16O. The van der Waals surface area contributed by atoms with Crippen LogP contribution in [0.15, 0.2) is 36.4 Å². The zero-order valence-corrected chi connectivity index (χ0v) is 9.91. The molecule has 1 nitrogen and oxygen atoms in total. The maximum Gasteiger partial charge on any atom is 0.118 e. The molecule has 0 aliphatic carbocycles. The number of aryl methyl sites for hydroxylation is 3. The fourth-order valence-electron chi connectivity index (χ4n) is 1.97. The Hall–Kier alpha value is -1.76. The van der Waals surface area contributed by atoms with Gasteiger partial charge in [-0.15, -0.1) is 0 Å². The lowest BCUT2D eigenvalue weighted by Crippen LogP contribution is -1.88. The number of hydrogen-bond acceptors (Lipinski definition) is 1. The number of phenolic OH excluding ortho intramolecular Hbond substituents is 1. The number of aromatic hydroxyl groups is 1. The van der Waals surface area contributed by atoms with E-state index in [4.69, 9.17) is 0 Å². The van der Waals surface area contributed by atoms with Crippen molar-refractivity contribution < 1.29 is 5.11 Å². The fourth-order valence-corrected chi connectivity index (χ4v) is 1.97. The van der Waals surface area contributed by atoms with E-state index in [1.54, 1.807) is 0 Å². The molecule has 0 unspecified atom stereocenters. The van der Waals surface area contributed by atoms with Gasteiger partial charge >= 0.3 is 0 Å². The highest BCUT2D eigenvalue weighted by Gasteiger charge is 2.07. The van der Waals surface area contributed by atoms with Crippen LogP contribution in [0.3, 0.4) is 0 Å². The Morgan fingerprint density at radius 2 is 1.44 bits per heavy atom. The van der Waals surface area contributed by atoms with Crippen LogP contribution in [0.25, 0.3) is 11.1 Å². The van der Waals surface area contributed by atoms with Gasteiger partial charge < -0.3 is 5.11 Å². The van der Waals surface area contributed by atoms with Crippen LogP contribution >= 0.6 is 0 Å². The molecule has 1 heteroatoms. The molecule has 0 aliphatic rings. The Balaban J connectivity index is 2.65. The standard InChI is InChI=1S/C15H16O/c1-10-6-4-5-7-13(10)14-8-12(3)15(16)9-11(14)2/h4-9,16H,1-3H3. The van der Waals surface area contributed by atoms with Crippen molar-refractivity contribution in [2.24, 2.45) is 0 Å². The van der Waals surface area contributed by atoms with Crippen LogP contribution < -0.4 is 0 Å². The molecule has 0 heterocycles. The van der Waals surface area contributed by atoms with Gasteiger partial charge in [-0.1, -0.05) is 24.3 Å². The van der Waals surface area contributed by atoms with Crippen molar-refractivity contribution in [3.63, 3.8) is 0 Å². The van der Waals surface area contributed by atoms with Crippen molar-refractivity contribution in [1.82, 2.24) is 0 Å². The van der Waals surface area contributed by atoms with Gasteiger partial charge in [0.15, 0.2) is 0 Å². The van der Waals surface area contributed by atoms with E-state index in [1.807, 2.05) is 38.1 Å². The van der Waals surface area contributed by atoms with Gasteiger partial charge in [-0.25, -0.2) is 0 Å². The Morgan fingerprint density at radius 1 is 0.750 bits per heavy atom. The van der Waals surface area contributed by atoms with Gasteiger partial charge in [0.1, 0.15) is 5.75 Å². The van der Waals surface area contributed by atoms with E-state index in [0.29, 0.717) is 5.75 Å². The first-order valence-corrected chi connectivity index (χ1v) is 5.46. The zero-order chi connectivity index (χ0) is 11.7. The van der Waals surface area contributed by atoms with Gasteiger partial charge in [0.05, 0.1) is 0 Å². The molecule has 0 saturated heterocycles. The molecule has 0 amide bonds. The predicted octanol–water partition coefficient (Wildman–Crippen LogP) is 3.98. The summed E-state index contributed by atoms with van der Waals surface area (Å²) < 4.78 is 0. The van der Waals surface area contributed by atoms with Crippen LogP contribution in [0.5, 0.6) is 5.75 Å². The predicted molar refractivity (Wildman–Crippen MR) is 67.8 cm³/mol.